The van der Waals surface area contributed by atoms with E-state index in [9.17, 15) is 4.79 Å². The van der Waals surface area contributed by atoms with E-state index >= 15 is 0 Å². The summed E-state index contributed by atoms with van der Waals surface area (Å²) < 4.78 is 23.9. The van der Waals surface area contributed by atoms with E-state index in [0.29, 0.717) is 23.5 Å². The van der Waals surface area contributed by atoms with Gasteiger partial charge < -0.3 is 18.9 Å². The van der Waals surface area contributed by atoms with Crippen LogP contribution in [0.1, 0.15) is 27.0 Å². The quantitative estimate of drug-likeness (QED) is 0.0773. The lowest BCUT2D eigenvalue weighted by Gasteiger charge is -2.28. The molecule has 6 heteroatoms. The van der Waals surface area contributed by atoms with Crippen molar-refractivity contribution in [1.29, 1.82) is 0 Å². The van der Waals surface area contributed by atoms with Gasteiger partial charge in [0.25, 0.3) is 0 Å². The third-order valence-corrected chi connectivity index (χ3v) is 14.4. The van der Waals surface area contributed by atoms with Gasteiger partial charge in [0.05, 0.1) is 27.5 Å². The predicted octanol–water partition coefficient (Wildman–Crippen LogP) is 10.3. The van der Waals surface area contributed by atoms with E-state index in [2.05, 4.69) is 121 Å². The third kappa shape index (κ3) is 8.18. The van der Waals surface area contributed by atoms with Gasteiger partial charge in [-0.3, -0.25) is 4.79 Å². The molecule has 5 nitrogen and oxygen atoms in total. The lowest BCUT2D eigenvalue weighted by atomic mass is 9.96. The summed E-state index contributed by atoms with van der Waals surface area (Å²) in [4.78, 5) is 11.4. The Balaban J connectivity index is 1.26. The largest absolute Gasteiger partial charge is 0.497 e. The van der Waals surface area contributed by atoms with Crippen molar-refractivity contribution in [2.45, 2.75) is 19.0 Å². The number of aryl methyl sites for hydroxylation is 2. The van der Waals surface area contributed by atoms with Crippen LogP contribution >= 0.6 is 7.26 Å². The molecule has 7 aromatic rings. The summed E-state index contributed by atoms with van der Waals surface area (Å²) in [5.74, 6) is 3.63. The molecule has 274 valence electrons. The molecule has 0 saturated heterocycles. The highest BCUT2D eigenvalue weighted by molar-refractivity contribution is 7.95. The fourth-order valence-corrected chi connectivity index (χ4v) is 11.5. The molecule has 0 N–H and O–H groups in total. The van der Waals surface area contributed by atoms with E-state index in [1.54, 1.807) is 33.5 Å². The number of carbonyl (C=O) groups excluding carboxylic acids is 1. The average Bonchev–Trinajstić information content (AvgIpc) is 3.26. The fraction of sp³-hybridized carbons (Fsp3) is 0.122. The summed E-state index contributed by atoms with van der Waals surface area (Å²) in [7, 11) is 2.96. The van der Waals surface area contributed by atoms with Gasteiger partial charge in [-0.25, -0.2) is 0 Å². The molecule has 0 unspecified atom stereocenters. The summed E-state index contributed by atoms with van der Waals surface area (Å²) in [5.41, 5.74) is 5.85. The van der Waals surface area contributed by atoms with Crippen molar-refractivity contribution < 1.29 is 23.7 Å². The van der Waals surface area contributed by atoms with Crippen LogP contribution in [0.15, 0.2) is 170 Å². The molecule has 0 amide bonds. The Hall–Kier alpha value is -6.16. The zero-order chi connectivity index (χ0) is 38.0. The summed E-state index contributed by atoms with van der Waals surface area (Å²) in [5, 5.41) is 4.00. The second-order valence-electron chi connectivity index (χ2n) is 13.3. The van der Waals surface area contributed by atoms with Crippen molar-refractivity contribution in [3.05, 3.63) is 192 Å². The first-order valence-corrected chi connectivity index (χ1v) is 20.3. The second kappa shape index (κ2) is 17.3. The minimum Gasteiger partial charge on any atom is -0.497 e. The normalized spacial score (nSPS) is 11.1. The van der Waals surface area contributed by atoms with E-state index in [-0.39, 0.29) is 0 Å². The van der Waals surface area contributed by atoms with Crippen molar-refractivity contribution in [2.75, 3.05) is 21.3 Å². The summed E-state index contributed by atoms with van der Waals surface area (Å²) >= 11 is 0. The van der Waals surface area contributed by atoms with Crippen molar-refractivity contribution in [3.8, 4) is 39.9 Å². The Kier molecular flexibility index (Phi) is 11.7. The topological polar surface area (TPSA) is 54.0 Å². The summed E-state index contributed by atoms with van der Waals surface area (Å²) in [6.07, 6.45) is 3.09. The van der Waals surface area contributed by atoms with Crippen molar-refractivity contribution in [3.63, 3.8) is 0 Å². The average molecular weight is 744 g/mol. The highest BCUT2D eigenvalue weighted by atomic mass is 31.2. The number of benzene rings is 7. The molecule has 55 heavy (non-hydrogen) atoms. The van der Waals surface area contributed by atoms with Crippen LogP contribution in [0.4, 0.5) is 0 Å². The number of rotatable bonds is 15. The molecule has 0 aliphatic heterocycles. The van der Waals surface area contributed by atoms with Gasteiger partial charge in [-0.1, -0.05) is 78.9 Å². The number of carbonyl (C=O) groups is 1. The first kappa shape index (κ1) is 37.2. The highest BCUT2D eigenvalue weighted by Gasteiger charge is 2.45. The molecule has 0 atom stereocenters. The molecule has 0 aromatic heterocycles. The number of methoxy groups -OCH3 is 3. The molecule has 0 aliphatic rings. The summed E-state index contributed by atoms with van der Waals surface area (Å²) in [6, 6.07) is 58.8. The number of hydrogen-bond donors (Lipinski definition) is 0. The van der Waals surface area contributed by atoms with Crippen LogP contribution in [0, 0.1) is 0 Å². The van der Waals surface area contributed by atoms with Gasteiger partial charge >= 0.3 is 0 Å². The minimum absolute atomic E-state index is 0.561. The standard InChI is InChI=1S/C49H44O5P/c1-51-40-26-29-47(54-41-15-13-14-37(30-41)34-50)39(33-40)25-22-36-23-27-48(52-2)45(31-36)46-32-38(24-28-49(46)53-3)35-55(42-16-7-4-8-17-42,43-18-9-5-10-19-43)44-20-11-6-12-21-44/h4-21,23-24,26-34H,22,25,35H2,1-3H3/q+1. The Bertz CT molecular complexity index is 2260. The van der Waals surface area contributed by atoms with Gasteiger partial charge in [-0.15, -0.1) is 0 Å². The van der Waals surface area contributed by atoms with Crippen molar-refractivity contribution in [1.82, 2.24) is 0 Å². The molecule has 0 spiro atoms. The molecule has 0 aliphatic carbocycles. The Morgan fingerprint density at radius 2 is 1.02 bits per heavy atom. The molecule has 0 fully saturated rings. The number of aldehydes is 1. The van der Waals surface area contributed by atoms with Crippen molar-refractivity contribution >= 4 is 29.5 Å². The van der Waals surface area contributed by atoms with Gasteiger partial charge in [0.2, 0.25) is 0 Å². The van der Waals surface area contributed by atoms with Crippen molar-refractivity contribution in [2.24, 2.45) is 0 Å². The maximum atomic E-state index is 11.4. The molecule has 0 radical (unpaired) electrons. The van der Waals surface area contributed by atoms with E-state index in [1.165, 1.54) is 21.5 Å². The monoisotopic (exact) mass is 743 g/mol. The maximum Gasteiger partial charge on any atom is 0.150 e. The number of ether oxygens (including phenoxy) is 4. The van der Waals surface area contributed by atoms with Gasteiger partial charge in [0, 0.05) is 16.7 Å². The molecule has 0 bridgehead atoms. The highest BCUT2D eigenvalue weighted by Crippen LogP contribution is 2.58. The minimum atomic E-state index is -2.14. The Labute approximate surface area is 324 Å². The van der Waals surface area contributed by atoms with Crippen LogP contribution in [0.25, 0.3) is 11.1 Å². The second-order valence-corrected chi connectivity index (χ2v) is 16.8. The first-order valence-electron chi connectivity index (χ1n) is 18.3. The number of hydrogen-bond acceptors (Lipinski definition) is 5. The fourth-order valence-electron chi connectivity index (χ4n) is 7.26. The third-order valence-electron chi connectivity index (χ3n) is 10.0. The van der Waals surface area contributed by atoms with Crippen LogP contribution in [0.5, 0.6) is 28.7 Å². The van der Waals surface area contributed by atoms with Gasteiger partial charge in [-0.05, 0) is 121 Å². The summed E-state index contributed by atoms with van der Waals surface area (Å²) in [6.45, 7) is 0. The van der Waals surface area contributed by atoms with Crippen LogP contribution < -0.4 is 34.9 Å². The van der Waals surface area contributed by atoms with Crippen LogP contribution in [0.2, 0.25) is 0 Å². The van der Waals surface area contributed by atoms with Crippen LogP contribution in [-0.2, 0) is 19.0 Å². The molecule has 7 aromatic carbocycles. The molecule has 0 saturated carbocycles. The zero-order valence-electron chi connectivity index (χ0n) is 31.4. The molecular weight excluding hydrogens is 700 g/mol. The van der Waals surface area contributed by atoms with E-state index in [4.69, 9.17) is 18.9 Å². The zero-order valence-corrected chi connectivity index (χ0v) is 32.2. The maximum absolute atomic E-state index is 11.4. The van der Waals surface area contributed by atoms with E-state index in [0.717, 1.165) is 58.4 Å². The van der Waals surface area contributed by atoms with Gasteiger partial charge in [-0.2, -0.15) is 0 Å². The lowest BCUT2D eigenvalue weighted by molar-refractivity contribution is 0.112. The first-order chi connectivity index (χ1) is 27.0. The van der Waals surface area contributed by atoms with Crippen LogP contribution in [0.3, 0.4) is 0 Å². The molecule has 7 rings (SSSR count). The SMILES string of the molecule is COc1ccc(Oc2cccc(C=O)c2)c(CCc2ccc(OC)c(-c3cc(C[P+](c4ccccc4)(c4ccccc4)c4ccccc4)ccc3OC)c2)c1. The Morgan fingerprint density at radius 1 is 0.473 bits per heavy atom. The smallest absolute Gasteiger partial charge is 0.150 e. The molecular formula is C49H44O5P+. The van der Waals surface area contributed by atoms with E-state index in [1.807, 2.05) is 36.4 Å². The van der Waals surface area contributed by atoms with Gasteiger partial charge in [0.1, 0.15) is 58.2 Å². The van der Waals surface area contributed by atoms with E-state index < -0.39 is 7.26 Å². The molecule has 0 heterocycles. The lowest BCUT2D eigenvalue weighted by Crippen LogP contribution is -2.32. The Morgan fingerprint density at radius 3 is 1.56 bits per heavy atom. The van der Waals surface area contributed by atoms with Crippen LogP contribution in [-0.4, -0.2) is 27.6 Å². The predicted molar refractivity (Wildman–Crippen MR) is 226 cm³/mol. The van der Waals surface area contributed by atoms with Gasteiger partial charge in [0.15, 0.2) is 0 Å².